The Morgan fingerprint density at radius 3 is 2.70 bits per heavy atom. The number of hydrogen-bond donors (Lipinski definition) is 0. The number of carbonyl (C=O) groups is 1. The molecule has 3 aromatic rings. The van der Waals surface area contributed by atoms with Gasteiger partial charge in [0.1, 0.15) is 12.6 Å². The maximum Gasteiger partial charge on any atom is 0.338 e. The number of hydrogen-bond acceptors (Lipinski definition) is 7. The van der Waals surface area contributed by atoms with Crippen molar-refractivity contribution in [2.45, 2.75) is 13.0 Å². The first-order chi connectivity index (χ1) is 14.6. The molecule has 30 heavy (non-hydrogen) atoms. The average Bonchev–Trinajstić information content (AvgIpc) is 3.37. The van der Waals surface area contributed by atoms with Gasteiger partial charge in [-0.3, -0.25) is 9.36 Å². The molecular formula is C22H20N2O4S2. The zero-order valence-electron chi connectivity index (χ0n) is 16.5. The standard InChI is InChI=1S/C22H20N2O4S2/c1-14-18(21(26)28-11-10-27-2)19(16-9-6-12-29-16)24-20(25)17(30-22(24)23-14)13-15-7-4-3-5-8-15/h3-9,12-13,19H,10-11H2,1-2H3/b17-13+/t19-/m0/s1. The van der Waals surface area contributed by atoms with Crippen molar-refractivity contribution in [3.63, 3.8) is 0 Å². The molecule has 1 aromatic carbocycles. The number of rotatable bonds is 6. The summed E-state index contributed by atoms with van der Waals surface area (Å²) in [6, 6.07) is 12.9. The Kier molecular flexibility index (Phi) is 6.08. The predicted octanol–water partition coefficient (Wildman–Crippen LogP) is 2.49. The second-order valence-electron chi connectivity index (χ2n) is 6.64. The number of thiazole rings is 1. The minimum absolute atomic E-state index is 0.141. The van der Waals surface area contributed by atoms with E-state index in [1.165, 1.54) is 22.7 Å². The van der Waals surface area contributed by atoms with E-state index in [0.717, 1.165) is 10.4 Å². The van der Waals surface area contributed by atoms with Crippen molar-refractivity contribution in [3.8, 4) is 0 Å². The monoisotopic (exact) mass is 440 g/mol. The van der Waals surface area contributed by atoms with Crippen LogP contribution in [0.25, 0.3) is 6.08 Å². The summed E-state index contributed by atoms with van der Waals surface area (Å²) in [7, 11) is 1.55. The highest BCUT2D eigenvalue weighted by Gasteiger charge is 2.33. The lowest BCUT2D eigenvalue weighted by molar-refractivity contribution is -0.140. The predicted molar refractivity (Wildman–Crippen MR) is 117 cm³/mol. The zero-order chi connectivity index (χ0) is 21.1. The molecule has 154 valence electrons. The van der Waals surface area contributed by atoms with Gasteiger partial charge < -0.3 is 9.47 Å². The number of ether oxygens (including phenoxy) is 2. The van der Waals surface area contributed by atoms with E-state index < -0.39 is 12.0 Å². The molecule has 0 saturated carbocycles. The lowest BCUT2D eigenvalue weighted by Gasteiger charge is -2.23. The number of benzene rings is 1. The van der Waals surface area contributed by atoms with Gasteiger partial charge in [0.15, 0.2) is 4.80 Å². The first-order valence-corrected chi connectivity index (χ1v) is 11.1. The van der Waals surface area contributed by atoms with Crippen LogP contribution < -0.4 is 14.9 Å². The normalized spacial score (nSPS) is 16.3. The summed E-state index contributed by atoms with van der Waals surface area (Å²) in [5.74, 6) is -0.482. The highest BCUT2D eigenvalue weighted by atomic mass is 32.1. The molecule has 6 nitrogen and oxygen atoms in total. The van der Waals surface area contributed by atoms with Crippen molar-refractivity contribution in [3.05, 3.63) is 89.2 Å². The van der Waals surface area contributed by atoms with Crippen LogP contribution in [0.2, 0.25) is 0 Å². The highest BCUT2D eigenvalue weighted by Crippen LogP contribution is 2.33. The maximum absolute atomic E-state index is 13.4. The third kappa shape index (κ3) is 3.94. The summed E-state index contributed by atoms with van der Waals surface area (Å²) >= 11 is 2.82. The van der Waals surface area contributed by atoms with Crippen LogP contribution in [-0.2, 0) is 14.3 Å². The Bertz CT molecular complexity index is 1250. The van der Waals surface area contributed by atoms with Crippen LogP contribution >= 0.6 is 22.7 Å². The summed E-state index contributed by atoms with van der Waals surface area (Å²) in [5.41, 5.74) is 1.71. The summed E-state index contributed by atoms with van der Waals surface area (Å²) < 4.78 is 12.5. The van der Waals surface area contributed by atoms with Crippen LogP contribution in [0.1, 0.15) is 23.4 Å². The average molecular weight is 441 g/mol. The number of fused-ring (bicyclic) bond motifs is 1. The van der Waals surface area contributed by atoms with E-state index in [-0.39, 0.29) is 12.2 Å². The summed E-state index contributed by atoms with van der Waals surface area (Å²) in [5, 5.41) is 1.93. The third-order valence-corrected chi connectivity index (χ3v) is 6.58. The molecular weight excluding hydrogens is 420 g/mol. The topological polar surface area (TPSA) is 69.9 Å². The molecule has 0 fully saturated rings. The molecule has 1 aliphatic heterocycles. The number of methoxy groups -OCH3 is 1. The van der Waals surface area contributed by atoms with Crippen LogP contribution in [0.15, 0.2) is 68.9 Å². The first-order valence-electron chi connectivity index (χ1n) is 9.37. The lowest BCUT2D eigenvalue weighted by atomic mass is 10.0. The molecule has 0 unspecified atom stereocenters. The third-order valence-electron chi connectivity index (χ3n) is 4.67. The van der Waals surface area contributed by atoms with Gasteiger partial charge in [-0.25, -0.2) is 9.79 Å². The van der Waals surface area contributed by atoms with Gasteiger partial charge in [0.05, 0.1) is 22.4 Å². The summed E-state index contributed by atoms with van der Waals surface area (Å²) in [4.78, 5) is 32.3. The minimum Gasteiger partial charge on any atom is -0.460 e. The first kappa shape index (κ1) is 20.5. The molecule has 4 rings (SSSR count). The molecule has 0 bridgehead atoms. The van der Waals surface area contributed by atoms with Crippen LogP contribution in [-0.4, -0.2) is 30.9 Å². The van der Waals surface area contributed by atoms with E-state index >= 15 is 0 Å². The fourth-order valence-corrected chi connectivity index (χ4v) is 5.16. The number of nitrogens with zero attached hydrogens (tertiary/aromatic N) is 2. The van der Waals surface area contributed by atoms with Crippen molar-refractivity contribution in [1.29, 1.82) is 0 Å². The zero-order valence-corrected chi connectivity index (χ0v) is 18.2. The Morgan fingerprint density at radius 1 is 1.20 bits per heavy atom. The minimum atomic E-state index is -0.561. The van der Waals surface area contributed by atoms with Crippen LogP contribution in [0.3, 0.4) is 0 Å². The fourth-order valence-electron chi connectivity index (χ4n) is 3.29. The van der Waals surface area contributed by atoms with Crippen molar-refractivity contribution in [2.24, 2.45) is 4.99 Å². The van der Waals surface area contributed by atoms with E-state index in [1.807, 2.05) is 53.9 Å². The van der Waals surface area contributed by atoms with Gasteiger partial charge in [0, 0.05) is 12.0 Å². The quantitative estimate of drug-likeness (QED) is 0.436. The largest absolute Gasteiger partial charge is 0.460 e. The smallest absolute Gasteiger partial charge is 0.338 e. The van der Waals surface area contributed by atoms with Crippen LogP contribution in [0, 0.1) is 0 Å². The molecule has 0 saturated heterocycles. The van der Waals surface area contributed by atoms with Gasteiger partial charge in [-0.1, -0.05) is 47.7 Å². The van der Waals surface area contributed by atoms with E-state index in [0.29, 0.717) is 27.2 Å². The number of allylic oxidation sites excluding steroid dienone is 1. The Hall–Kier alpha value is -2.81. The van der Waals surface area contributed by atoms with E-state index in [4.69, 9.17) is 9.47 Å². The van der Waals surface area contributed by atoms with Gasteiger partial charge in [0.25, 0.3) is 5.56 Å². The van der Waals surface area contributed by atoms with Gasteiger partial charge in [-0.05, 0) is 30.0 Å². The van der Waals surface area contributed by atoms with E-state index in [9.17, 15) is 9.59 Å². The van der Waals surface area contributed by atoms with Crippen molar-refractivity contribution in [1.82, 2.24) is 4.57 Å². The Balaban J connectivity index is 1.86. The molecule has 3 heterocycles. The Labute approximate surface area is 181 Å². The van der Waals surface area contributed by atoms with Gasteiger partial charge in [-0.15, -0.1) is 11.3 Å². The highest BCUT2D eigenvalue weighted by molar-refractivity contribution is 7.10. The molecule has 0 spiro atoms. The summed E-state index contributed by atoms with van der Waals surface area (Å²) in [6.07, 6.45) is 1.85. The molecule has 2 aromatic heterocycles. The van der Waals surface area contributed by atoms with Gasteiger partial charge in [0.2, 0.25) is 0 Å². The molecule has 1 aliphatic rings. The molecule has 8 heteroatoms. The lowest BCUT2D eigenvalue weighted by Crippen LogP contribution is -2.39. The number of esters is 1. The second kappa shape index (κ2) is 8.91. The molecule has 0 N–H and O–H groups in total. The molecule has 0 aliphatic carbocycles. The van der Waals surface area contributed by atoms with E-state index in [2.05, 4.69) is 4.99 Å². The molecule has 0 amide bonds. The molecule has 0 radical (unpaired) electrons. The summed E-state index contributed by atoms with van der Waals surface area (Å²) in [6.45, 7) is 2.22. The van der Waals surface area contributed by atoms with Crippen molar-refractivity contribution in [2.75, 3.05) is 20.3 Å². The number of carbonyl (C=O) groups excluding carboxylic acids is 1. The van der Waals surface area contributed by atoms with Gasteiger partial charge >= 0.3 is 5.97 Å². The van der Waals surface area contributed by atoms with Crippen molar-refractivity contribution >= 4 is 34.7 Å². The van der Waals surface area contributed by atoms with Crippen LogP contribution in [0.5, 0.6) is 0 Å². The Morgan fingerprint density at radius 2 is 2.00 bits per heavy atom. The maximum atomic E-state index is 13.4. The number of thiophene rings is 1. The molecule has 1 atom stereocenters. The van der Waals surface area contributed by atoms with E-state index in [1.54, 1.807) is 18.6 Å². The van der Waals surface area contributed by atoms with Gasteiger partial charge in [-0.2, -0.15) is 0 Å². The SMILES string of the molecule is COCCOC(=O)C1=C(C)N=c2s/c(=C/c3ccccc3)c(=O)n2[C@H]1c1cccs1. The fraction of sp³-hybridized carbons (Fsp3) is 0.227. The number of aromatic nitrogens is 1. The van der Waals surface area contributed by atoms with Crippen molar-refractivity contribution < 1.29 is 14.3 Å². The van der Waals surface area contributed by atoms with Crippen LogP contribution in [0.4, 0.5) is 0 Å². The second-order valence-corrected chi connectivity index (χ2v) is 8.62.